The third kappa shape index (κ3) is 9.89. The van der Waals surface area contributed by atoms with Crippen LogP contribution in [0.15, 0.2) is 89.6 Å². The number of aliphatic hydroxyl groups excluding tert-OH is 2. The Labute approximate surface area is 330 Å². The molecule has 0 aliphatic carbocycles. The summed E-state index contributed by atoms with van der Waals surface area (Å²) in [6.07, 6.45) is -3.07. The third-order valence-corrected chi connectivity index (χ3v) is 11.4. The SMILES string of the molecule is O=C(N[C@H]1c2ccccc2OC[C@H]1O)[C@H](Cc1cc2cnccc2s1)C[C@H](O)CN1CCN(Cc2ccc(-c3ccc(Cl)cc3)o2)C[C@H]1C(=O)NCC(F)(F)F. The number of β-amino-alcohol motifs (C(OH)–C–C–N with tert-alkyl or cyclic N) is 1. The molecule has 0 bridgehead atoms. The lowest BCUT2D eigenvalue weighted by Crippen LogP contribution is -2.60. The van der Waals surface area contributed by atoms with E-state index in [1.165, 1.54) is 11.3 Å². The molecule has 11 nitrogen and oxygen atoms in total. The highest BCUT2D eigenvalue weighted by Crippen LogP contribution is 2.34. The van der Waals surface area contributed by atoms with E-state index < -0.39 is 48.8 Å². The first kappa shape index (κ1) is 39.7. The first-order valence-electron chi connectivity index (χ1n) is 18.2. The van der Waals surface area contributed by atoms with Crippen LogP contribution in [-0.2, 0) is 22.6 Å². The molecule has 296 valence electrons. The Morgan fingerprint density at radius 1 is 1.07 bits per heavy atom. The van der Waals surface area contributed by atoms with Crippen LogP contribution in [-0.4, -0.2) is 101 Å². The number of thiophene rings is 1. The minimum atomic E-state index is -4.61. The van der Waals surface area contributed by atoms with Crippen molar-refractivity contribution in [2.45, 2.75) is 49.9 Å². The normalized spacial score (nSPS) is 20.2. The molecular weight excluding hydrogens is 771 g/mol. The fourth-order valence-corrected chi connectivity index (χ4v) is 8.52. The molecule has 3 aromatic heterocycles. The van der Waals surface area contributed by atoms with Crippen molar-refractivity contribution in [3.63, 3.8) is 0 Å². The summed E-state index contributed by atoms with van der Waals surface area (Å²) in [6.45, 7) is -0.483. The maximum atomic E-state index is 14.1. The fraction of sp³-hybridized carbons (Fsp3) is 0.375. The number of pyridine rings is 1. The number of carbonyl (C=O) groups excluding carboxylic acids is 2. The summed E-state index contributed by atoms with van der Waals surface area (Å²) in [4.78, 5) is 36.1. The minimum Gasteiger partial charge on any atom is -0.490 e. The van der Waals surface area contributed by atoms with Gasteiger partial charge in [0.05, 0.1) is 18.7 Å². The molecule has 56 heavy (non-hydrogen) atoms. The number of amides is 2. The Hall–Kier alpha value is -4.51. The molecule has 5 heterocycles. The topological polar surface area (TPSA) is 140 Å². The quantitative estimate of drug-likeness (QED) is 0.120. The lowest BCUT2D eigenvalue weighted by atomic mass is 9.92. The molecule has 2 amide bonds. The van der Waals surface area contributed by atoms with Crippen LogP contribution in [0.25, 0.3) is 21.4 Å². The molecular formula is C40H41ClF3N5O6S. The number of rotatable bonds is 13. The van der Waals surface area contributed by atoms with Gasteiger partial charge in [-0.25, -0.2) is 0 Å². The zero-order valence-electron chi connectivity index (χ0n) is 30.1. The zero-order valence-corrected chi connectivity index (χ0v) is 31.7. The van der Waals surface area contributed by atoms with Crippen molar-refractivity contribution in [3.8, 4) is 17.1 Å². The number of halogens is 4. The van der Waals surface area contributed by atoms with Gasteiger partial charge in [0, 0.05) is 75.6 Å². The van der Waals surface area contributed by atoms with Crippen LogP contribution in [0.3, 0.4) is 0 Å². The number of fused-ring (bicyclic) bond motifs is 2. The maximum absolute atomic E-state index is 14.1. The van der Waals surface area contributed by atoms with Gasteiger partial charge in [-0.1, -0.05) is 29.8 Å². The summed E-state index contributed by atoms with van der Waals surface area (Å²) in [5, 5.41) is 29.0. The number of furan rings is 1. The molecule has 0 spiro atoms. The molecule has 5 aromatic rings. The first-order valence-corrected chi connectivity index (χ1v) is 19.4. The van der Waals surface area contributed by atoms with Crippen molar-refractivity contribution >= 4 is 44.8 Å². The van der Waals surface area contributed by atoms with Crippen molar-refractivity contribution in [1.82, 2.24) is 25.4 Å². The van der Waals surface area contributed by atoms with Gasteiger partial charge in [0.15, 0.2) is 0 Å². The molecule has 4 N–H and O–H groups in total. The highest BCUT2D eigenvalue weighted by Gasteiger charge is 2.38. The predicted molar refractivity (Wildman–Crippen MR) is 205 cm³/mol. The number of para-hydroxylation sites is 1. The van der Waals surface area contributed by atoms with Gasteiger partial charge in [-0.05, 0) is 67.4 Å². The lowest BCUT2D eigenvalue weighted by Gasteiger charge is -2.41. The van der Waals surface area contributed by atoms with E-state index in [1.54, 1.807) is 53.7 Å². The van der Waals surface area contributed by atoms with Gasteiger partial charge in [-0.3, -0.25) is 24.4 Å². The molecule has 2 aromatic carbocycles. The number of ether oxygens (including phenoxy) is 1. The highest BCUT2D eigenvalue weighted by molar-refractivity contribution is 7.19. The Kier molecular flexibility index (Phi) is 12.3. The molecule has 0 saturated carbocycles. The number of piperazine rings is 1. The molecule has 1 fully saturated rings. The third-order valence-electron chi connectivity index (χ3n) is 10.0. The molecule has 16 heteroatoms. The van der Waals surface area contributed by atoms with Crippen LogP contribution in [0, 0.1) is 5.92 Å². The number of benzene rings is 2. The second-order valence-electron chi connectivity index (χ2n) is 14.2. The Bertz CT molecular complexity index is 2100. The largest absolute Gasteiger partial charge is 0.490 e. The second kappa shape index (κ2) is 17.3. The van der Waals surface area contributed by atoms with Crippen molar-refractivity contribution < 1.29 is 42.1 Å². The van der Waals surface area contributed by atoms with E-state index in [-0.39, 0.29) is 45.0 Å². The Balaban J connectivity index is 1.06. The Morgan fingerprint density at radius 3 is 2.66 bits per heavy atom. The van der Waals surface area contributed by atoms with Gasteiger partial charge < -0.3 is 30.0 Å². The van der Waals surface area contributed by atoms with E-state index in [9.17, 15) is 33.0 Å². The van der Waals surface area contributed by atoms with Gasteiger partial charge in [0.1, 0.15) is 42.6 Å². The summed E-state index contributed by atoms with van der Waals surface area (Å²) in [6, 6.07) is 20.0. The number of carbonyl (C=O) groups is 2. The number of alkyl halides is 3. The molecule has 2 aliphatic rings. The van der Waals surface area contributed by atoms with Crippen molar-refractivity contribution in [3.05, 3.63) is 106 Å². The summed E-state index contributed by atoms with van der Waals surface area (Å²) in [7, 11) is 0. The molecule has 0 unspecified atom stereocenters. The second-order valence-corrected chi connectivity index (χ2v) is 15.8. The van der Waals surface area contributed by atoms with E-state index in [0.29, 0.717) is 40.9 Å². The molecule has 7 rings (SSSR count). The average molecular weight is 812 g/mol. The van der Waals surface area contributed by atoms with Gasteiger partial charge in [0.2, 0.25) is 11.8 Å². The summed E-state index contributed by atoms with van der Waals surface area (Å²) in [5.41, 5.74) is 1.46. The number of hydrogen-bond donors (Lipinski definition) is 4. The van der Waals surface area contributed by atoms with Crippen molar-refractivity contribution in [2.24, 2.45) is 5.92 Å². The van der Waals surface area contributed by atoms with Crippen LogP contribution in [0.1, 0.15) is 28.7 Å². The molecule has 2 aliphatic heterocycles. The number of hydrogen-bond acceptors (Lipinski definition) is 10. The van der Waals surface area contributed by atoms with Gasteiger partial charge in [-0.15, -0.1) is 11.3 Å². The molecule has 5 atom stereocenters. The summed E-state index contributed by atoms with van der Waals surface area (Å²) in [5.74, 6) is -0.178. The first-order chi connectivity index (χ1) is 26.9. The van der Waals surface area contributed by atoms with Crippen LogP contribution < -0.4 is 15.4 Å². The van der Waals surface area contributed by atoms with Crippen LogP contribution in [0.2, 0.25) is 5.02 Å². The number of aromatic nitrogens is 1. The minimum absolute atomic E-state index is 0.00817. The standard InChI is InChI=1S/C40H41ClF3N5O6S/c41-27-7-5-24(6-8-27)34-10-9-29(55-34)20-48-13-14-49(32(21-48)39(53)46-23-40(42,43)44)19-28(50)15-25(16-30-17-26-18-45-12-11-36(26)56-30)38(52)47-37-31-3-1-2-4-35(31)54-22-33(37)51/h1-12,17-18,25,28,32-33,37,50-51H,13-16,19-23H2,(H,46,53)(H,47,52)/t25-,28-,32-,33+,37-/m0/s1. The molecule has 1 saturated heterocycles. The number of nitrogens with one attached hydrogen (secondary N) is 2. The van der Waals surface area contributed by atoms with Crippen molar-refractivity contribution in [2.75, 3.05) is 39.3 Å². The Morgan fingerprint density at radius 2 is 1.88 bits per heavy atom. The lowest BCUT2D eigenvalue weighted by molar-refractivity contribution is -0.143. The maximum Gasteiger partial charge on any atom is 0.405 e. The van der Waals surface area contributed by atoms with E-state index in [0.717, 1.165) is 20.5 Å². The van der Waals surface area contributed by atoms with E-state index in [2.05, 4.69) is 10.3 Å². The smallest absolute Gasteiger partial charge is 0.405 e. The molecule has 0 radical (unpaired) electrons. The highest BCUT2D eigenvalue weighted by atomic mass is 35.5. The van der Waals surface area contributed by atoms with E-state index in [1.807, 2.05) is 46.6 Å². The monoisotopic (exact) mass is 811 g/mol. The van der Waals surface area contributed by atoms with Gasteiger partial charge in [0.25, 0.3) is 0 Å². The average Bonchev–Trinajstić information content (AvgIpc) is 3.82. The van der Waals surface area contributed by atoms with Crippen LogP contribution >= 0.6 is 22.9 Å². The summed E-state index contributed by atoms with van der Waals surface area (Å²) < 4.78 is 52.3. The van der Waals surface area contributed by atoms with E-state index >= 15 is 0 Å². The predicted octanol–water partition coefficient (Wildman–Crippen LogP) is 5.60. The zero-order chi connectivity index (χ0) is 39.4. The summed E-state index contributed by atoms with van der Waals surface area (Å²) >= 11 is 7.53. The fourth-order valence-electron chi connectivity index (χ4n) is 7.28. The number of nitrogens with zero attached hydrogens (tertiary/aromatic N) is 3. The van der Waals surface area contributed by atoms with Crippen molar-refractivity contribution in [1.29, 1.82) is 0 Å². The number of aliphatic hydroxyl groups is 2. The van der Waals surface area contributed by atoms with E-state index in [4.69, 9.17) is 20.8 Å². The van der Waals surface area contributed by atoms with Gasteiger partial charge >= 0.3 is 6.18 Å². The van der Waals surface area contributed by atoms with Crippen LogP contribution in [0.4, 0.5) is 13.2 Å². The van der Waals surface area contributed by atoms with Gasteiger partial charge in [-0.2, -0.15) is 13.2 Å². The van der Waals surface area contributed by atoms with Crippen LogP contribution in [0.5, 0.6) is 5.75 Å².